The van der Waals surface area contributed by atoms with E-state index in [1.165, 1.54) is 0 Å². The van der Waals surface area contributed by atoms with E-state index in [9.17, 15) is 4.79 Å². The van der Waals surface area contributed by atoms with Crippen LogP contribution < -0.4 is 0 Å². The first-order valence-corrected chi connectivity index (χ1v) is 5.83. The molecule has 0 aliphatic heterocycles. The Hall–Kier alpha value is -1.83. The van der Waals surface area contributed by atoms with Crippen LogP contribution in [0.3, 0.4) is 0 Å². The van der Waals surface area contributed by atoms with Crippen molar-refractivity contribution in [1.29, 1.82) is 5.26 Å². The summed E-state index contributed by atoms with van der Waals surface area (Å²) in [6.07, 6.45) is 1.17. The quantitative estimate of drug-likeness (QED) is 0.772. The van der Waals surface area contributed by atoms with Gasteiger partial charge in [-0.2, -0.15) is 10.4 Å². The monoisotopic (exact) mass is 234 g/mol. The van der Waals surface area contributed by atoms with Gasteiger partial charge in [0.05, 0.1) is 18.2 Å². The predicted octanol–water partition coefficient (Wildman–Crippen LogP) is 1.36. The van der Waals surface area contributed by atoms with Crippen LogP contribution in [0.4, 0.5) is 0 Å². The van der Waals surface area contributed by atoms with Crippen molar-refractivity contribution in [2.45, 2.75) is 26.7 Å². The molecule has 0 saturated heterocycles. The summed E-state index contributed by atoms with van der Waals surface area (Å²) in [6, 6.07) is 3.87. The fourth-order valence-electron chi connectivity index (χ4n) is 1.65. The Balaban J connectivity index is 2.86. The van der Waals surface area contributed by atoms with E-state index in [1.807, 2.05) is 19.9 Å². The number of aromatic nitrogens is 2. The Morgan fingerprint density at radius 2 is 2.29 bits per heavy atom. The zero-order valence-electron chi connectivity index (χ0n) is 10.6. The van der Waals surface area contributed by atoms with Gasteiger partial charge < -0.3 is 4.90 Å². The molecule has 0 aliphatic rings. The molecule has 1 amide bonds. The number of carbonyl (C=O) groups is 1. The maximum Gasteiger partial charge on any atom is 0.272 e. The average Bonchev–Trinajstić information content (AvgIpc) is 2.71. The third-order valence-corrected chi connectivity index (χ3v) is 2.67. The zero-order chi connectivity index (χ0) is 12.8. The van der Waals surface area contributed by atoms with Crippen molar-refractivity contribution >= 4 is 5.91 Å². The van der Waals surface area contributed by atoms with Crippen LogP contribution in [0.25, 0.3) is 0 Å². The molecule has 0 fully saturated rings. The Labute approximate surface area is 102 Å². The topological polar surface area (TPSA) is 61.9 Å². The molecule has 0 spiro atoms. The Bertz CT molecular complexity index is 430. The minimum atomic E-state index is -0.0579. The molecule has 0 aliphatic carbocycles. The summed E-state index contributed by atoms with van der Waals surface area (Å²) in [5.74, 6) is -0.0579. The van der Waals surface area contributed by atoms with Gasteiger partial charge in [-0.1, -0.05) is 6.92 Å². The highest BCUT2D eigenvalue weighted by atomic mass is 16.2. The first-order valence-electron chi connectivity index (χ1n) is 5.83. The molecule has 1 aromatic rings. The molecular weight excluding hydrogens is 216 g/mol. The van der Waals surface area contributed by atoms with Gasteiger partial charge in [0.2, 0.25) is 0 Å². The third kappa shape index (κ3) is 3.06. The Morgan fingerprint density at radius 3 is 2.76 bits per heavy atom. The van der Waals surface area contributed by atoms with E-state index in [1.54, 1.807) is 16.6 Å². The van der Waals surface area contributed by atoms with Gasteiger partial charge in [0.1, 0.15) is 5.69 Å². The summed E-state index contributed by atoms with van der Waals surface area (Å²) >= 11 is 0. The number of aryl methyl sites for hydroxylation is 2. The van der Waals surface area contributed by atoms with Crippen LogP contribution in [0.5, 0.6) is 0 Å². The lowest BCUT2D eigenvalue weighted by Crippen LogP contribution is -2.33. The molecule has 0 aromatic carbocycles. The fraction of sp³-hybridized carbons (Fsp3) is 0.583. The molecule has 1 heterocycles. The number of nitrogens with zero attached hydrogens (tertiary/aromatic N) is 4. The van der Waals surface area contributed by atoms with E-state index < -0.39 is 0 Å². The van der Waals surface area contributed by atoms with E-state index in [2.05, 4.69) is 11.2 Å². The summed E-state index contributed by atoms with van der Waals surface area (Å²) in [5.41, 5.74) is 1.49. The van der Waals surface area contributed by atoms with Crippen molar-refractivity contribution in [1.82, 2.24) is 14.7 Å². The van der Waals surface area contributed by atoms with E-state index >= 15 is 0 Å². The summed E-state index contributed by atoms with van der Waals surface area (Å²) in [6.45, 7) is 4.99. The van der Waals surface area contributed by atoms with Crippen molar-refractivity contribution in [3.8, 4) is 6.07 Å². The average molecular weight is 234 g/mol. The first-order chi connectivity index (χ1) is 8.13. The number of amides is 1. The fourth-order valence-corrected chi connectivity index (χ4v) is 1.65. The molecule has 1 aromatic heterocycles. The third-order valence-electron chi connectivity index (χ3n) is 2.67. The number of hydrogen-bond acceptors (Lipinski definition) is 3. The van der Waals surface area contributed by atoms with Crippen molar-refractivity contribution < 1.29 is 4.79 Å². The van der Waals surface area contributed by atoms with E-state index in [-0.39, 0.29) is 5.91 Å². The maximum absolute atomic E-state index is 12.2. The molecular formula is C12H18N4O. The maximum atomic E-state index is 12.2. The zero-order valence-corrected chi connectivity index (χ0v) is 10.6. The van der Waals surface area contributed by atoms with Crippen molar-refractivity contribution in [3.63, 3.8) is 0 Å². The highest BCUT2D eigenvalue weighted by molar-refractivity contribution is 5.92. The predicted molar refractivity (Wildman–Crippen MR) is 64.4 cm³/mol. The second-order valence-electron chi connectivity index (χ2n) is 3.79. The molecule has 0 N–H and O–H groups in total. The van der Waals surface area contributed by atoms with Gasteiger partial charge in [-0.25, -0.2) is 0 Å². The van der Waals surface area contributed by atoms with Gasteiger partial charge >= 0.3 is 0 Å². The Morgan fingerprint density at radius 1 is 1.59 bits per heavy atom. The molecule has 0 unspecified atom stereocenters. The van der Waals surface area contributed by atoms with Gasteiger partial charge in [-0.05, 0) is 19.4 Å². The Kier molecular flexibility index (Phi) is 4.70. The molecule has 0 radical (unpaired) electrons. The molecule has 92 valence electrons. The van der Waals surface area contributed by atoms with Crippen LogP contribution in [-0.2, 0) is 13.5 Å². The number of rotatable bonds is 5. The van der Waals surface area contributed by atoms with Gasteiger partial charge in [0.25, 0.3) is 5.91 Å². The molecule has 5 heteroatoms. The summed E-state index contributed by atoms with van der Waals surface area (Å²) in [4.78, 5) is 13.9. The minimum Gasteiger partial charge on any atom is -0.337 e. The van der Waals surface area contributed by atoms with Crippen LogP contribution >= 0.6 is 0 Å². The van der Waals surface area contributed by atoms with Crippen molar-refractivity contribution in [2.24, 2.45) is 7.05 Å². The van der Waals surface area contributed by atoms with Crippen LogP contribution in [0, 0.1) is 11.3 Å². The second kappa shape index (κ2) is 6.04. The molecule has 0 bridgehead atoms. The van der Waals surface area contributed by atoms with E-state index in [0.29, 0.717) is 25.2 Å². The van der Waals surface area contributed by atoms with Gasteiger partial charge in [0, 0.05) is 20.1 Å². The lowest BCUT2D eigenvalue weighted by atomic mass is 10.2. The summed E-state index contributed by atoms with van der Waals surface area (Å²) < 4.78 is 1.61. The number of hydrogen-bond donors (Lipinski definition) is 0. The number of nitriles is 1. The molecule has 0 atom stereocenters. The molecule has 0 saturated carbocycles. The minimum absolute atomic E-state index is 0.0579. The molecule has 5 nitrogen and oxygen atoms in total. The standard InChI is InChI=1S/C12H18N4O/c1-4-10-9-11(15(3)14-10)12(17)16(5-2)8-6-7-13/h9H,4-6,8H2,1-3H3. The molecule has 1 rings (SSSR count). The first kappa shape index (κ1) is 13.2. The van der Waals surface area contributed by atoms with Crippen molar-refractivity contribution in [2.75, 3.05) is 13.1 Å². The van der Waals surface area contributed by atoms with Crippen LogP contribution in [0.2, 0.25) is 0 Å². The van der Waals surface area contributed by atoms with E-state index in [0.717, 1.165) is 12.1 Å². The van der Waals surface area contributed by atoms with Gasteiger partial charge in [-0.3, -0.25) is 9.48 Å². The summed E-state index contributed by atoms with van der Waals surface area (Å²) in [7, 11) is 1.77. The highest BCUT2D eigenvalue weighted by Gasteiger charge is 2.18. The highest BCUT2D eigenvalue weighted by Crippen LogP contribution is 2.08. The van der Waals surface area contributed by atoms with Crippen LogP contribution in [-0.4, -0.2) is 33.7 Å². The van der Waals surface area contributed by atoms with Gasteiger partial charge in [0.15, 0.2) is 0 Å². The lowest BCUT2D eigenvalue weighted by molar-refractivity contribution is 0.0757. The smallest absolute Gasteiger partial charge is 0.272 e. The van der Waals surface area contributed by atoms with Gasteiger partial charge in [-0.15, -0.1) is 0 Å². The normalized spacial score (nSPS) is 10.0. The van der Waals surface area contributed by atoms with Crippen LogP contribution in [0.15, 0.2) is 6.07 Å². The molecule has 17 heavy (non-hydrogen) atoms. The SMILES string of the molecule is CCc1cc(C(=O)N(CC)CCC#N)n(C)n1. The van der Waals surface area contributed by atoms with Crippen LogP contribution in [0.1, 0.15) is 36.5 Å². The summed E-state index contributed by atoms with van der Waals surface area (Å²) in [5, 5.41) is 12.8. The lowest BCUT2D eigenvalue weighted by Gasteiger charge is -2.19. The van der Waals surface area contributed by atoms with E-state index in [4.69, 9.17) is 5.26 Å². The largest absolute Gasteiger partial charge is 0.337 e. The van der Waals surface area contributed by atoms with Crippen molar-refractivity contribution in [3.05, 3.63) is 17.5 Å². The number of carbonyl (C=O) groups excluding carboxylic acids is 1. The second-order valence-corrected chi connectivity index (χ2v) is 3.79.